The number of ether oxygens (including phenoxy) is 1. The molecular formula is C21H30N4O2. The number of pyridine rings is 1. The molecule has 1 aliphatic heterocycles. The van der Waals surface area contributed by atoms with E-state index in [1.165, 1.54) is 12.0 Å². The van der Waals surface area contributed by atoms with Gasteiger partial charge in [0.15, 0.2) is 5.76 Å². The van der Waals surface area contributed by atoms with Gasteiger partial charge in [0.05, 0.1) is 25.5 Å². The first-order chi connectivity index (χ1) is 13.1. The highest BCUT2D eigenvalue weighted by atomic mass is 16.5. The highest BCUT2D eigenvalue weighted by Crippen LogP contribution is 2.47. The molecule has 0 radical (unpaired) electrons. The van der Waals surface area contributed by atoms with Gasteiger partial charge in [0.2, 0.25) is 0 Å². The van der Waals surface area contributed by atoms with Crippen molar-refractivity contribution in [3.05, 3.63) is 47.6 Å². The molecule has 6 nitrogen and oxygen atoms in total. The number of rotatable bonds is 7. The summed E-state index contributed by atoms with van der Waals surface area (Å²) >= 11 is 0. The molecule has 3 heterocycles. The molecule has 0 unspecified atom stereocenters. The summed E-state index contributed by atoms with van der Waals surface area (Å²) in [6, 6.07) is 6.78. The Morgan fingerprint density at radius 1 is 1.30 bits per heavy atom. The lowest BCUT2D eigenvalue weighted by atomic mass is 9.57. The van der Waals surface area contributed by atoms with Crippen molar-refractivity contribution in [1.29, 1.82) is 0 Å². The van der Waals surface area contributed by atoms with Crippen LogP contribution >= 0.6 is 0 Å². The first-order valence-electron chi connectivity index (χ1n) is 9.98. The third kappa shape index (κ3) is 4.39. The Balaban J connectivity index is 1.26. The molecule has 2 aromatic rings. The average Bonchev–Trinajstić information content (AvgIpc) is 3.13. The topological polar surface area (TPSA) is 63.4 Å². The van der Waals surface area contributed by atoms with Crippen molar-refractivity contribution in [2.24, 2.45) is 11.3 Å². The maximum absolute atomic E-state index is 5.58. The van der Waals surface area contributed by atoms with Gasteiger partial charge in [-0.1, -0.05) is 25.1 Å². The molecular weight excluding hydrogens is 340 g/mol. The molecule has 1 saturated heterocycles. The lowest BCUT2D eigenvalue weighted by Crippen LogP contribution is -2.57. The summed E-state index contributed by atoms with van der Waals surface area (Å²) in [5.41, 5.74) is 2.58. The summed E-state index contributed by atoms with van der Waals surface area (Å²) in [5, 5.41) is 8.02. The van der Waals surface area contributed by atoms with Gasteiger partial charge < -0.3 is 14.6 Å². The highest BCUT2D eigenvalue weighted by Gasteiger charge is 2.47. The molecule has 2 aromatic heterocycles. The Morgan fingerprint density at radius 2 is 2.15 bits per heavy atom. The van der Waals surface area contributed by atoms with Crippen LogP contribution in [0.2, 0.25) is 0 Å². The second-order valence-electron chi connectivity index (χ2n) is 8.43. The standard InChI is InChI=1S/C21H30N4O2/c1-21(2)17(11-20(21)23-14-16-4-3-5-22-13-16)10-18-12-19(27-24-18)15-25-6-8-26-9-7-25/h3-5,12-13,17,20,23H,6-11,14-15H2,1-2H3/t17-,20+/m1/s1. The van der Waals surface area contributed by atoms with Crippen LogP contribution in [-0.4, -0.2) is 47.4 Å². The van der Waals surface area contributed by atoms with Crippen molar-refractivity contribution in [2.45, 2.75) is 45.8 Å². The van der Waals surface area contributed by atoms with Crippen molar-refractivity contribution in [3.63, 3.8) is 0 Å². The largest absolute Gasteiger partial charge is 0.379 e. The molecule has 2 aliphatic rings. The Morgan fingerprint density at radius 3 is 2.89 bits per heavy atom. The van der Waals surface area contributed by atoms with Crippen LogP contribution in [0.5, 0.6) is 0 Å². The van der Waals surface area contributed by atoms with Gasteiger partial charge in [0.25, 0.3) is 0 Å². The summed E-state index contributed by atoms with van der Waals surface area (Å²) in [6.07, 6.45) is 5.92. The molecule has 6 heteroatoms. The highest BCUT2D eigenvalue weighted by molar-refractivity contribution is 5.13. The third-order valence-electron chi connectivity index (χ3n) is 6.29. The molecule has 27 heavy (non-hydrogen) atoms. The van der Waals surface area contributed by atoms with Gasteiger partial charge in [-0.25, -0.2) is 0 Å². The van der Waals surface area contributed by atoms with Crippen LogP contribution in [0, 0.1) is 11.3 Å². The lowest BCUT2D eigenvalue weighted by molar-refractivity contribution is 0.0124. The lowest BCUT2D eigenvalue weighted by Gasteiger charge is -2.52. The minimum absolute atomic E-state index is 0.255. The van der Waals surface area contributed by atoms with Gasteiger partial charge in [0.1, 0.15) is 0 Å². The van der Waals surface area contributed by atoms with E-state index in [2.05, 4.69) is 46.3 Å². The first kappa shape index (κ1) is 18.6. The Kier molecular flexibility index (Phi) is 5.57. The van der Waals surface area contributed by atoms with Crippen molar-refractivity contribution < 1.29 is 9.26 Å². The molecule has 4 rings (SSSR count). The van der Waals surface area contributed by atoms with Crippen molar-refractivity contribution in [1.82, 2.24) is 20.4 Å². The number of morpholine rings is 1. The Hall–Kier alpha value is -1.76. The molecule has 2 atom stereocenters. The molecule has 146 valence electrons. The fraction of sp³-hybridized carbons (Fsp3) is 0.619. The van der Waals surface area contributed by atoms with Crippen LogP contribution in [0.25, 0.3) is 0 Å². The predicted octanol–water partition coefficient (Wildman–Crippen LogP) is 2.65. The molecule has 1 aliphatic carbocycles. The smallest absolute Gasteiger partial charge is 0.150 e. The normalized spacial score (nSPS) is 25.3. The molecule has 0 spiro atoms. The monoisotopic (exact) mass is 370 g/mol. The van der Waals surface area contributed by atoms with E-state index in [9.17, 15) is 0 Å². The number of nitrogens with zero attached hydrogens (tertiary/aromatic N) is 3. The SMILES string of the molecule is CC1(C)[C@H](Cc2cc(CN3CCOCC3)on2)C[C@@H]1NCc1cccnc1. The van der Waals surface area contributed by atoms with Crippen LogP contribution < -0.4 is 5.32 Å². The Labute approximate surface area is 161 Å². The zero-order chi connectivity index (χ0) is 18.7. The maximum atomic E-state index is 5.58. The second kappa shape index (κ2) is 8.09. The van der Waals surface area contributed by atoms with E-state index in [1.54, 1.807) is 0 Å². The zero-order valence-electron chi connectivity index (χ0n) is 16.4. The van der Waals surface area contributed by atoms with E-state index in [1.807, 2.05) is 18.5 Å². The fourth-order valence-electron chi connectivity index (χ4n) is 4.21. The van der Waals surface area contributed by atoms with Crippen LogP contribution in [0.15, 0.2) is 35.1 Å². The van der Waals surface area contributed by atoms with Gasteiger partial charge in [-0.05, 0) is 35.8 Å². The van der Waals surface area contributed by atoms with E-state index >= 15 is 0 Å². The maximum Gasteiger partial charge on any atom is 0.150 e. The molecule has 1 saturated carbocycles. The molecule has 0 amide bonds. The van der Waals surface area contributed by atoms with Crippen molar-refractivity contribution in [2.75, 3.05) is 26.3 Å². The van der Waals surface area contributed by atoms with Gasteiger partial charge in [-0.2, -0.15) is 0 Å². The van der Waals surface area contributed by atoms with Crippen LogP contribution in [-0.2, 0) is 24.2 Å². The summed E-state index contributed by atoms with van der Waals surface area (Å²) in [6.45, 7) is 9.98. The third-order valence-corrected chi connectivity index (χ3v) is 6.29. The minimum Gasteiger partial charge on any atom is -0.379 e. The average molecular weight is 370 g/mol. The summed E-state index contributed by atoms with van der Waals surface area (Å²) in [7, 11) is 0. The van der Waals surface area contributed by atoms with Gasteiger partial charge in [0, 0.05) is 44.1 Å². The number of aromatic nitrogens is 2. The van der Waals surface area contributed by atoms with Crippen LogP contribution in [0.1, 0.15) is 37.3 Å². The van der Waals surface area contributed by atoms with Crippen LogP contribution in [0.4, 0.5) is 0 Å². The molecule has 2 fully saturated rings. The predicted molar refractivity (Wildman–Crippen MR) is 103 cm³/mol. The van der Waals surface area contributed by atoms with Gasteiger partial charge in [-0.15, -0.1) is 0 Å². The van der Waals surface area contributed by atoms with E-state index in [0.29, 0.717) is 12.0 Å². The van der Waals surface area contributed by atoms with E-state index in [-0.39, 0.29) is 5.41 Å². The summed E-state index contributed by atoms with van der Waals surface area (Å²) < 4.78 is 11.0. The van der Waals surface area contributed by atoms with Gasteiger partial charge >= 0.3 is 0 Å². The molecule has 0 bridgehead atoms. The fourth-order valence-corrected chi connectivity index (χ4v) is 4.21. The molecule has 1 N–H and O–H groups in total. The quantitative estimate of drug-likeness (QED) is 0.808. The molecule has 0 aromatic carbocycles. The Bertz CT molecular complexity index is 725. The number of nitrogens with one attached hydrogen (secondary N) is 1. The second-order valence-corrected chi connectivity index (χ2v) is 8.43. The minimum atomic E-state index is 0.255. The van der Waals surface area contributed by atoms with E-state index < -0.39 is 0 Å². The number of hydrogen-bond donors (Lipinski definition) is 1. The van der Waals surface area contributed by atoms with E-state index in [0.717, 1.165) is 57.3 Å². The zero-order valence-corrected chi connectivity index (χ0v) is 16.4. The van der Waals surface area contributed by atoms with Gasteiger partial charge in [-0.3, -0.25) is 9.88 Å². The number of hydrogen-bond acceptors (Lipinski definition) is 6. The van der Waals surface area contributed by atoms with Crippen molar-refractivity contribution in [3.8, 4) is 0 Å². The first-order valence-corrected chi connectivity index (χ1v) is 9.98. The summed E-state index contributed by atoms with van der Waals surface area (Å²) in [4.78, 5) is 6.55. The van der Waals surface area contributed by atoms with Crippen LogP contribution in [0.3, 0.4) is 0 Å². The van der Waals surface area contributed by atoms with E-state index in [4.69, 9.17) is 9.26 Å². The van der Waals surface area contributed by atoms with Crippen molar-refractivity contribution >= 4 is 0 Å². The summed E-state index contributed by atoms with van der Waals surface area (Å²) in [5.74, 6) is 1.60.